The minimum atomic E-state index is -0.812. The van der Waals surface area contributed by atoms with Crippen molar-refractivity contribution in [2.45, 2.75) is 181 Å². The highest BCUT2D eigenvalue weighted by Gasteiger charge is 2.51. The van der Waals surface area contributed by atoms with Crippen LogP contribution in [0, 0.1) is 35.0 Å². The van der Waals surface area contributed by atoms with Gasteiger partial charge in [-0.1, -0.05) is 53.0 Å². The minimum absolute atomic E-state index is 0.00338. The Morgan fingerprint density at radius 3 is 1.52 bits per heavy atom. The molecule has 0 saturated heterocycles. The van der Waals surface area contributed by atoms with Crippen LogP contribution in [-0.2, 0) is 38.3 Å². The first-order valence-corrected chi connectivity index (χ1v) is 23.7. The maximum absolute atomic E-state index is 13.4. The summed E-state index contributed by atoms with van der Waals surface area (Å²) in [6, 6.07) is -2.08. The van der Waals surface area contributed by atoms with Gasteiger partial charge in [0.15, 0.2) is 0 Å². The normalized spacial score (nSPS) is 23.5. The Morgan fingerprint density at radius 2 is 1.07 bits per heavy atom. The van der Waals surface area contributed by atoms with Crippen LogP contribution in [0.25, 0.3) is 0 Å². The van der Waals surface area contributed by atoms with Crippen LogP contribution in [0.2, 0.25) is 0 Å². The fourth-order valence-corrected chi connectivity index (χ4v) is 10.3. The lowest BCUT2D eigenvalue weighted by molar-refractivity contribution is -0.140. The van der Waals surface area contributed by atoms with E-state index in [1.165, 1.54) is 44.6 Å². The SMILES string of the molecule is CC(C)C[C@H](NC(=O)CCCCCNC(=O)CCCCCNC(=O)CCCCCNC(=O)CC12CC3CC(CC(C3)C1)C2)C(=O)N[C@@H](CC(C)C)C(=O)N[C@@H]1C=CC(=O)OC1. The molecule has 3 atom stereocenters. The van der Waals surface area contributed by atoms with Crippen molar-refractivity contribution in [1.29, 1.82) is 0 Å². The van der Waals surface area contributed by atoms with Crippen molar-refractivity contribution in [1.82, 2.24) is 31.9 Å². The van der Waals surface area contributed by atoms with Crippen LogP contribution in [-0.4, -0.2) is 85.8 Å². The highest BCUT2D eigenvalue weighted by Crippen LogP contribution is 2.61. The number of cyclic esters (lactones) is 1. The van der Waals surface area contributed by atoms with Gasteiger partial charge in [-0.05, 0) is 125 Å². The number of ether oxygens (including phenoxy) is 1. The van der Waals surface area contributed by atoms with E-state index in [2.05, 4.69) is 31.9 Å². The van der Waals surface area contributed by atoms with Crippen LogP contribution in [0.3, 0.4) is 0 Å². The fraction of sp³-hybridized carbons (Fsp3) is 0.809. The third-order valence-corrected chi connectivity index (χ3v) is 12.8. The number of esters is 1. The Hall–Kier alpha value is -3.97. The van der Waals surface area contributed by atoms with Gasteiger partial charge in [-0.25, -0.2) is 4.79 Å². The molecule has 4 aliphatic carbocycles. The molecule has 1 aliphatic heterocycles. The zero-order valence-electron chi connectivity index (χ0n) is 37.7. The van der Waals surface area contributed by atoms with E-state index in [9.17, 15) is 33.6 Å². The molecule has 6 amide bonds. The maximum atomic E-state index is 13.4. The first-order chi connectivity index (χ1) is 29.2. The number of amides is 6. The minimum Gasteiger partial charge on any atom is -0.460 e. The van der Waals surface area contributed by atoms with Crippen molar-refractivity contribution < 1.29 is 38.3 Å². The molecule has 0 radical (unpaired) electrons. The summed E-state index contributed by atoms with van der Waals surface area (Å²) >= 11 is 0. The smallest absolute Gasteiger partial charge is 0.330 e. The van der Waals surface area contributed by atoms with E-state index in [0.29, 0.717) is 58.2 Å². The van der Waals surface area contributed by atoms with Crippen LogP contribution < -0.4 is 31.9 Å². The topological polar surface area (TPSA) is 201 Å². The van der Waals surface area contributed by atoms with Gasteiger partial charge in [0, 0.05) is 51.4 Å². The second-order valence-corrected chi connectivity index (χ2v) is 19.6. The third kappa shape index (κ3) is 18.9. The molecule has 0 spiro atoms. The summed E-state index contributed by atoms with van der Waals surface area (Å²) in [7, 11) is 0. The van der Waals surface area contributed by atoms with Gasteiger partial charge in [0.1, 0.15) is 18.7 Å². The monoisotopic (exact) mass is 855 g/mol. The van der Waals surface area contributed by atoms with Gasteiger partial charge in [0.25, 0.3) is 0 Å². The number of carbonyl (C=O) groups is 7. The number of carbonyl (C=O) groups excluding carboxylic acids is 7. The number of hydrogen-bond acceptors (Lipinski definition) is 8. The summed E-state index contributed by atoms with van der Waals surface area (Å²) in [6.45, 7) is 9.69. The maximum Gasteiger partial charge on any atom is 0.330 e. The van der Waals surface area contributed by atoms with Crippen molar-refractivity contribution in [2.24, 2.45) is 35.0 Å². The summed E-state index contributed by atoms with van der Waals surface area (Å²) in [5.41, 5.74) is 0.276. The molecule has 0 aromatic carbocycles. The molecular formula is C47H78N6O8. The van der Waals surface area contributed by atoms with Crippen molar-refractivity contribution in [3.8, 4) is 0 Å². The lowest BCUT2D eigenvalue weighted by atomic mass is 9.49. The molecule has 0 aromatic rings. The lowest BCUT2D eigenvalue weighted by Crippen LogP contribution is -2.56. The summed E-state index contributed by atoms with van der Waals surface area (Å²) in [6.07, 6.45) is 20.6. The summed E-state index contributed by atoms with van der Waals surface area (Å²) < 4.78 is 4.98. The number of rotatable bonds is 29. The summed E-state index contributed by atoms with van der Waals surface area (Å²) in [5, 5.41) is 17.6. The average Bonchev–Trinajstić information content (AvgIpc) is 3.18. The van der Waals surface area contributed by atoms with Gasteiger partial charge in [-0.3, -0.25) is 28.8 Å². The van der Waals surface area contributed by atoms with E-state index >= 15 is 0 Å². The number of unbranched alkanes of at least 4 members (excludes halogenated alkanes) is 6. The Morgan fingerprint density at radius 1 is 0.607 bits per heavy atom. The molecule has 14 nitrogen and oxygen atoms in total. The van der Waals surface area contributed by atoms with E-state index < -0.39 is 30.0 Å². The van der Waals surface area contributed by atoms with Crippen LogP contribution in [0.1, 0.15) is 163 Å². The fourth-order valence-electron chi connectivity index (χ4n) is 10.3. The van der Waals surface area contributed by atoms with E-state index in [-0.39, 0.29) is 59.8 Å². The van der Waals surface area contributed by atoms with Crippen molar-refractivity contribution in [3.63, 3.8) is 0 Å². The van der Waals surface area contributed by atoms with Crippen molar-refractivity contribution in [3.05, 3.63) is 12.2 Å². The first-order valence-electron chi connectivity index (χ1n) is 23.7. The molecule has 5 rings (SSSR count). The van der Waals surface area contributed by atoms with Crippen LogP contribution in [0.5, 0.6) is 0 Å². The molecule has 6 N–H and O–H groups in total. The Balaban J connectivity index is 0.959. The average molecular weight is 855 g/mol. The standard InChI is InChI=1S/C47H78N6O8/c1-32(2)22-38(46(60)53-39(23-33(3)4)45(59)51-37-17-18-44(58)61-31-37)52-42(56)16-10-7-12-20-49-40(54)14-8-5-11-19-48-41(55)15-9-6-13-21-50-43(57)30-47-27-34-24-35(28-47)26-36(25-34)29-47/h17-18,32-39H,5-16,19-31H2,1-4H3,(H,48,55)(H,49,54)(H,50,57)(H,51,59)(H,52,56)(H,53,60)/t34?,35?,36?,37-,38+,39+,47?/m1/s1. The second kappa shape index (κ2) is 25.8. The van der Waals surface area contributed by atoms with E-state index in [1.807, 2.05) is 27.7 Å². The van der Waals surface area contributed by atoms with E-state index in [1.54, 1.807) is 6.08 Å². The largest absolute Gasteiger partial charge is 0.460 e. The molecule has 4 saturated carbocycles. The third-order valence-electron chi connectivity index (χ3n) is 12.8. The molecule has 5 aliphatic rings. The predicted octanol–water partition coefficient (Wildman–Crippen LogP) is 5.28. The quantitative estimate of drug-likeness (QED) is 0.0431. The molecule has 0 aromatic heterocycles. The Bertz CT molecular complexity index is 1460. The number of nitrogens with one attached hydrogen (secondary N) is 6. The lowest BCUT2D eigenvalue weighted by Gasteiger charge is -2.56. The van der Waals surface area contributed by atoms with Crippen LogP contribution in [0.4, 0.5) is 0 Å². The Kier molecular flexibility index (Phi) is 21.0. The van der Waals surface area contributed by atoms with Gasteiger partial charge in [-0.15, -0.1) is 0 Å². The predicted molar refractivity (Wildman–Crippen MR) is 234 cm³/mol. The molecule has 344 valence electrons. The molecule has 4 bridgehead atoms. The molecule has 0 unspecified atom stereocenters. The zero-order chi connectivity index (χ0) is 44.2. The van der Waals surface area contributed by atoms with E-state index in [4.69, 9.17) is 4.74 Å². The zero-order valence-corrected chi connectivity index (χ0v) is 37.7. The van der Waals surface area contributed by atoms with Crippen molar-refractivity contribution in [2.75, 3.05) is 26.2 Å². The molecule has 1 heterocycles. The first kappa shape index (κ1) is 49.7. The van der Waals surface area contributed by atoms with Crippen LogP contribution >= 0.6 is 0 Å². The van der Waals surface area contributed by atoms with Crippen molar-refractivity contribution >= 4 is 41.4 Å². The van der Waals surface area contributed by atoms with Gasteiger partial charge < -0.3 is 36.6 Å². The summed E-state index contributed by atoms with van der Waals surface area (Å²) in [5.74, 6) is 1.60. The highest BCUT2D eigenvalue weighted by atomic mass is 16.5. The molecule has 14 heteroatoms. The van der Waals surface area contributed by atoms with Gasteiger partial charge in [-0.2, -0.15) is 0 Å². The van der Waals surface area contributed by atoms with Gasteiger partial charge in [0.05, 0.1) is 6.04 Å². The van der Waals surface area contributed by atoms with E-state index in [0.717, 1.165) is 69.1 Å². The highest BCUT2D eigenvalue weighted by molar-refractivity contribution is 5.92. The number of hydrogen-bond donors (Lipinski definition) is 6. The van der Waals surface area contributed by atoms with Gasteiger partial charge in [0.2, 0.25) is 35.4 Å². The molecular weight excluding hydrogens is 777 g/mol. The molecule has 61 heavy (non-hydrogen) atoms. The van der Waals surface area contributed by atoms with Gasteiger partial charge >= 0.3 is 5.97 Å². The summed E-state index contributed by atoms with van der Waals surface area (Å²) in [4.78, 5) is 87.9. The Labute approximate surface area is 364 Å². The second-order valence-electron chi connectivity index (χ2n) is 19.6. The van der Waals surface area contributed by atoms with Crippen LogP contribution in [0.15, 0.2) is 12.2 Å². The molecule has 4 fully saturated rings.